The molecule has 0 aliphatic carbocycles. The van der Waals surface area contributed by atoms with Crippen molar-refractivity contribution in [2.24, 2.45) is 4.99 Å². The lowest BCUT2D eigenvalue weighted by Gasteiger charge is -2.11. The zero-order valence-electron chi connectivity index (χ0n) is 13.3. The summed E-state index contributed by atoms with van der Waals surface area (Å²) in [5.41, 5.74) is 2.30. The molecule has 0 aliphatic rings. The highest BCUT2D eigenvalue weighted by Gasteiger charge is 1.99. The predicted molar refractivity (Wildman–Crippen MR) is 94.7 cm³/mol. The fourth-order valence-corrected chi connectivity index (χ4v) is 2.74. The van der Waals surface area contributed by atoms with Gasteiger partial charge < -0.3 is 10.6 Å². The van der Waals surface area contributed by atoms with Gasteiger partial charge in [-0.15, -0.1) is 11.3 Å². The highest BCUT2D eigenvalue weighted by Crippen LogP contribution is 2.08. The molecule has 2 aromatic heterocycles. The minimum Gasteiger partial charge on any atom is -0.357 e. The molecule has 0 amide bonds. The molecule has 4 nitrogen and oxygen atoms in total. The first kappa shape index (κ1) is 16.5. The van der Waals surface area contributed by atoms with Gasteiger partial charge in [-0.05, 0) is 43.3 Å². The van der Waals surface area contributed by atoms with Gasteiger partial charge >= 0.3 is 0 Å². The molecule has 0 radical (unpaired) electrons. The van der Waals surface area contributed by atoms with Gasteiger partial charge in [-0.25, -0.2) is 0 Å². The first-order chi connectivity index (χ1) is 10.8. The topological polar surface area (TPSA) is 49.3 Å². The fourth-order valence-electron chi connectivity index (χ4n) is 2.05. The van der Waals surface area contributed by atoms with Crippen LogP contribution in [0.15, 0.2) is 40.8 Å². The molecule has 5 heteroatoms. The SMILES string of the molecule is CCNC(=NCCc1cccs1)NCCc1ccc(C)nc1. The van der Waals surface area contributed by atoms with E-state index < -0.39 is 0 Å². The second-order valence-corrected chi connectivity index (χ2v) is 6.11. The Balaban J connectivity index is 1.76. The first-order valence-corrected chi connectivity index (χ1v) is 8.62. The maximum atomic E-state index is 4.62. The molecule has 0 fully saturated rings. The summed E-state index contributed by atoms with van der Waals surface area (Å²) in [5.74, 6) is 0.888. The van der Waals surface area contributed by atoms with E-state index >= 15 is 0 Å². The van der Waals surface area contributed by atoms with Crippen LogP contribution >= 0.6 is 11.3 Å². The van der Waals surface area contributed by atoms with Gasteiger partial charge in [-0.3, -0.25) is 9.98 Å². The number of aromatic nitrogens is 1. The van der Waals surface area contributed by atoms with Crippen LogP contribution in [0.1, 0.15) is 23.1 Å². The molecule has 2 heterocycles. The second-order valence-electron chi connectivity index (χ2n) is 5.07. The van der Waals surface area contributed by atoms with Gasteiger partial charge in [-0.1, -0.05) is 12.1 Å². The summed E-state index contributed by atoms with van der Waals surface area (Å²) in [6.07, 6.45) is 3.89. The van der Waals surface area contributed by atoms with Gasteiger partial charge in [0.1, 0.15) is 0 Å². The number of hydrogen-bond donors (Lipinski definition) is 2. The van der Waals surface area contributed by atoms with Crippen molar-refractivity contribution in [2.45, 2.75) is 26.7 Å². The standard InChI is InChI=1S/C17H24N4S/c1-3-18-17(20-11-9-16-5-4-12-22-16)19-10-8-15-7-6-14(2)21-13-15/h4-7,12-13H,3,8-11H2,1-2H3,(H2,18,19,20). The van der Waals surface area contributed by atoms with E-state index in [1.165, 1.54) is 10.4 Å². The Morgan fingerprint density at radius 1 is 1.23 bits per heavy atom. The van der Waals surface area contributed by atoms with Crippen molar-refractivity contribution >= 4 is 17.3 Å². The molecule has 2 rings (SSSR count). The van der Waals surface area contributed by atoms with Crippen LogP contribution in [0.4, 0.5) is 0 Å². The van der Waals surface area contributed by atoms with Crippen LogP contribution in [0.3, 0.4) is 0 Å². The maximum absolute atomic E-state index is 4.62. The Hall–Kier alpha value is -1.88. The molecule has 0 aliphatic heterocycles. The van der Waals surface area contributed by atoms with E-state index in [-0.39, 0.29) is 0 Å². The number of nitrogens with one attached hydrogen (secondary N) is 2. The third-order valence-electron chi connectivity index (χ3n) is 3.23. The lowest BCUT2D eigenvalue weighted by molar-refractivity contribution is 0.795. The van der Waals surface area contributed by atoms with Crippen molar-refractivity contribution in [2.75, 3.05) is 19.6 Å². The molecule has 118 valence electrons. The van der Waals surface area contributed by atoms with Crippen LogP contribution in [0.2, 0.25) is 0 Å². The molecule has 0 unspecified atom stereocenters. The van der Waals surface area contributed by atoms with Crippen LogP contribution in [0.5, 0.6) is 0 Å². The van der Waals surface area contributed by atoms with Crippen molar-refractivity contribution in [1.29, 1.82) is 0 Å². The zero-order chi connectivity index (χ0) is 15.6. The molecular formula is C17H24N4S. The second kappa shape index (κ2) is 9.20. The molecule has 2 aromatic rings. The summed E-state index contributed by atoms with van der Waals surface area (Å²) in [6.45, 7) is 6.63. The largest absolute Gasteiger partial charge is 0.357 e. The number of aryl methyl sites for hydroxylation is 1. The Bertz CT molecular complexity index is 561. The Labute approximate surface area is 136 Å². The summed E-state index contributed by atoms with van der Waals surface area (Å²) in [5, 5.41) is 8.77. The van der Waals surface area contributed by atoms with Crippen LogP contribution in [0, 0.1) is 6.92 Å². The molecule has 0 bridgehead atoms. The lowest BCUT2D eigenvalue weighted by atomic mass is 10.2. The van der Waals surface area contributed by atoms with E-state index in [0.717, 1.165) is 44.1 Å². The predicted octanol–water partition coefficient (Wildman–Crippen LogP) is 2.79. The highest BCUT2D eigenvalue weighted by molar-refractivity contribution is 7.09. The lowest BCUT2D eigenvalue weighted by Crippen LogP contribution is -2.38. The van der Waals surface area contributed by atoms with Gasteiger partial charge in [0.05, 0.1) is 0 Å². The van der Waals surface area contributed by atoms with E-state index in [1.54, 1.807) is 11.3 Å². The summed E-state index contributed by atoms with van der Waals surface area (Å²) >= 11 is 1.79. The van der Waals surface area contributed by atoms with Gasteiger partial charge in [0, 0.05) is 42.8 Å². The number of pyridine rings is 1. The minimum absolute atomic E-state index is 0.807. The summed E-state index contributed by atoms with van der Waals surface area (Å²) in [7, 11) is 0. The summed E-state index contributed by atoms with van der Waals surface area (Å²) < 4.78 is 0. The van der Waals surface area contributed by atoms with Crippen LogP contribution in [0.25, 0.3) is 0 Å². The van der Waals surface area contributed by atoms with Crippen molar-refractivity contribution in [3.8, 4) is 0 Å². The van der Waals surface area contributed by atoms with E-state index in [1.807, 2.05) is 13.1 Å². The first-order valence-electron chi connectivity index (χ1n) is 7.74. The minimum atomic E-state index is 0.807. The van der Waals surface area contributed by atoms with Crippen molar-refractivity contribution in [3.63, 3.8) is 0 Å². The monoisotopic (exact) mass is 316 g/mol. The average Bonchev–Trinajstić information content (AvgIpc) is 3.02. The molecule has 22 heavy (non-hydrogen) atoms. The molecule has 0 aromatic carbocycles. The van der Waals surface area contributed by atoms with E-state index in [4.69, 9.17) is 0 Å². The molecule has 0 atom stereocenters. The van der Waals surface area contributed by atoms with Gasteiger partial charge in [0.25, 0.3) is 0 Å². The highest BCUT2D eigenvalue weighted by atomic mass is 32.1. The average molecular weight is 316 g/mol. The van der Waals surface area contributed by atoms with Crippen molar-refractivity contribution in [3.05, 3.63) is 52.0 Å². The number of thiophene rings is 1. The van der Waals surface area contributed by atoms with Gasteiger partial charge in [0.2, 0.25) is 0 Å². The van der Waals surface area contributed by atoms with E-state index in [9.17, 15) is 0 Å². The number of aliphatic imine (C=N–C) groups is 1. The van der Waals surface area contributed by atoms with E-state index in [0.29, 0.717) is 0 Å². The maximum Gasteiger partial charge on any atom is 0.191 e. The third kappa shape index (κ3) is 5.85. The molecule has 2 N–H and O–H groups in total. The normalized spacial score (nSPS) is 11.5. The number of guanidine groups is 1. The number of nitrogens with zero attached hydrogens (tertiary/aromatic N) is 2. The Kier molecular flexibility index (Phi) is 6.90. The van der Waals surface area contributed by atoms with Crippen molar-refractivity contribution in [1.82, 2.24) is 15.6 Å². The van der Waals surface area contributed by atoms with Crippen molar-refractivity contribution < 1.29 is 0 Å². The van der Waals surface area contributed by atoms with Crippen LogP contribution in [-0.4, -0.2) is 30.6 Å². The van der Waals surface area contributed by atoms with E-state index in [2.05, 4.69) is 57.2 Å². The number of hydrogen-bond acceptors (Lipinski definition) is 3. The Morgan fingerprint density at radius 3 is 2.82 bits per heavy atom. The molecule has 0 spiro atoms. The smallest absolute Gasteiger partial charge is 0.191 e. The summed E-state index contributed by atoms with van der Waals surface area (Å²) in [4.78, 5) is 10.3. The van der Waals surface area contributed by atoms with Gasteiger partial charge in [-0.2, -0.15) is 0 Å². The zero-order valence-corrected chi connectivity index (χ0v) is 14.1. The third-order valence-corrected chi connectivity index (χ3v) is 4.17. The fraction of sp³-hybridized carbons (Fsp3) is 0.412. The van der Waals surface area contributed by atoms with Crippen LogP contribution in [-0.2, 0) is 12.8 Å². The Morgan fingerprint density at radius 2 is 2.14 bits per heavy atom. The molecule has 0 saturated carbocycles. The van der Waals surface area contributed by atoms with Crippen LogP contribution < -0.4 is 10.6 Å². The summed E-state index contributed by atoms with van der Waals surface area (Å²) in [6, 6.07) is 8.42. The number of rotatable bonds is 7. The molecular weight excluding hydrogens is 292 g/mol. The molecule has 0 saturated heterocycles. The quantitative estimate of drug-likeness (QED) is 0.610. The van der Waals surface area contributed by atoms with Gasteiger partial charge in [0.15, 0.2) is 5.96 Å².